The number of hydrogen-bond donors (Lipinski definition) is 1. The van der Waals surface area contributed by atoms with Crippen LogP contribution in [0.2, 0.25) is 0 Å². The fraction of sp³-hybridized carbons (Fsp3) is 0.318. The van der Waals surface area contributed by atoms with Crippen molar-refractivity contribution >= 4 is 23.2 Å². The van der Waals surface area contributed by atoms with E-state index in [1.54, 1.807) is 29.7 Å². The summed E-state index contributed by atoms with van der Waals surface area (Å²) < 4.78 is 10.6. The van der Waals surface area contributed by atoms with Crippen molar-refractivity contribution in [1.29, 1.82) is 0 Å². The van der Waals surface area contributed by atoms with Gasteiger partial charge in [0.25, 0.3) is 5.91 Å². The predicted molar refractivity (Wildman–Crippen MR) is 113 cm³/mol. The number of rotatable bonds is 6. The molecule has 0 bridgehead atoms. The lowest BCUT2D eigenvalue weighted by molar-refractivity contribution is -0.126. The zero-order valence-electron chi connectivity index (χ0n) is 16.7. The van der Waals surface area contributed by atoms with Crippen LogP contribution < -0.4 is 10.1 Å². The maximum atomic E-state index is 12.9. The number of thiazole rings is 1. The standard InChI is InChI=1S/C22H23N3O4S/c1-28-19-7-3-2-6-17(19)21-24-18(14-30-21)22(27)25-10-8-15(9-11-25)20(26)23-13-16-5-4-12-29-16/h2-7,12,14-15H,8-11,13H2,1H3,(H,23,26). The number of benzene rings is 1. The number of ether oxygens (including phenoxy) is 1. The fourth-order valence-corrected chi connectivity index (χ4v) is 4.38. The van der Waals surface area contributed by atoms with Crippen LogP contribution >= 0.6 is 11.3 Å². The van der Waals surface area contributed by atoms with Crippen molar-refractivity contribution in [3.05, 3.63) is 59.5 Å². The Morgan fingerprint density at radius 3 is 2.77 bits per heavy atom. The third-order valence-electron chi connectivity index (χ3n) is 5.23. The number of aromatic nitrogens is 1. The zero-order chi connectivity index (χ0) is 20.9. The number of carbonyl (C=O) groups excluding carboxylic acids is 2. The van der Waals surface area contributed by atoms with Crippen molar-refractivity contribution < 1.29 is 18.7 Å². The zero-order valence-corrected chi connectivity index (χ0v) is 17.5. The van der Waals surface area contributed by atoms with Crippen molar-refractivity contribution in [3.8, 4) is 16.3 Å². The van der Waals surface area contributed by atoms with Gasteiger partial charge in [0, 0.05) is 24.4 Å². The third-order valence-corrected chi connectivity index (χ3v) is 6.11. The van der Waals surface area contributed by atoms with E-state index >= 15 is 0 Å². The van der Waals surface area contributed by atoms with Crippen molar-refractivity contribution in [1.82, 2.24) is 15.2 Å². The SMILES string of the molecule is COc1ccccc1-c1nc(C(=O)N2CCC(C(=O)NCc3ccco3)CC2)cs1. The van der Waals surface area contributed by atoms with Crippen LogP contribution in [0.1, 0.15) is 29.1 Å². The topological polar surface area (TPSA) is 84.7 Å². The average Bonchev–Trinajstić information content (AvgIpc) is 3.49. The molecule has 7 nitrogen and oxygen atoms in total. The number of hydrogen-bond acceptors (Lipinski definition) is 6. The largest absolute Gasteiger partial charge is 0.496 e. The van der Waals surface area contributed by atoms with Gasteiger partial charge in [-0.05, 0) is 37.1 Å². The van der Waals surface area contributed by atoms with Crippen LogP contribution in [-0.4, -0.2) is 41.9 Å². The third kappa shape index (κ3) is 4.38. The number of carbonyl (C=O) groups is 2. The molecule has 1 N–H and O–H groups in total. The molecule has 3 aromatic rings. The Morgan fingerprint density at radius 2 is 2.03 bits per heavy atom. The quantitative estimate of drug-likeness (QED) is 0.653. The maximum absolute atomic E-state index is 12.9. The van der Waals surface area contributed by atoms with Crippen LogP contribution in [0, 0.1) is 5.92 Å². The number of methoxy groups -OCH3 is 1. The van der Waals surface area contributed by atoms with Crippen LogP contribution in [0.15, 0.2) is 52.5 Å². The summed E-state index contributed by atoms with van der Waals surface area (Å²) in [5, 5.41) is 5.44. The molecule has 8 heteroatoms. The van der Waals surface area contributed by atoms with Gasteiger partial charge in [-0.2, -0.15) is 0 Å². The van der Waals surface area contributed by atoms with Crippen molar-refractivity contribution in [2.75, 3.05) is 20.2 Å². The first-order chi connectivity index (χ1) is 14.7. The van der Waals surface area contributed by atoms with E-state index in [9.17, 15) is 9.59 Å². The van der Waals surface area contributed by atoms with Gasteiger partial charge in [-0.15, -0.1) is 11.3 Å². The number of piperidine rings is 1. The number of para-hydroxylation sites is 1. The summed E-state index contributed by atoms with van der Waals surface area (Å²) in [4.78, 5) is 31.6. The minimum absolute atomic E-state index is 0.00520. The van der Waals surface area contributed by atoms with Crippen LogP contribution in [0.5, 0.6) is 5.75 Å². The highest BCUT2D eigenvalue weighted by Crippen LogP contribution is 2.32. The number of likely N-dealkylation sites (tertiary alicyclic amines) is 1. The molecule has 0 spiro atoms. The summed E-state index contributed by atoms with van der Waals surface area (Å²) in [6.45, 7) is 1.47. The van der Waals surface area contributed by atoms with Gasteiger partial charge in [0.15, 0.2) is 0 Å². The normalized spacial score (nSPS) is 14.5. The second-order valence-electron chi connectivity index (χ2n) is 7.10. The Bertz CT molecular complexity index is 1010. The number of nitrogens with zero attached hydrogens (tertiary/aromatic N) is 2. The second kappa shape index (κ2) is 9.13. The first kappa shape index (κ1) is 20.2. The van der Waals surface area contributed by atoms with Gasteiger partial charge < -0.3 is 19.4 Å². The van der Waals surface area contributed by atoms with Gasteiger partial charge in [0.2, 0.25) is 5.91 Å². The van der Waals surface area contributed by atoms with Crippen molar-refractivity contribution in [2.45, 2.75) is 19.4 Å². The molecule has 0 radical (unpaired) electrons. The van der Waals surface area contributed by atoms with Crippen LogP contribution in [0.4, 0.5) is 0 Å². The van der Waals surface area contributed by atoms with Crippen molar-refractivity contribution in [3.63, 3.8) is 0 Å². The van der Waals surface area contributed by atoms with Gasteiger partial charge in [-0.1, -0.05) is 12.1 Å². The molecule has 2 amide bonds. The average molecular weight is 426 g/mol. The summed E-state index contributed by atoms with van der Waals surface area (Å²) in [5.41, 5.74) is 1.30. The highest BCUT2D eigenvalue weighted by molar-refractivity contribution is 7.13. The highest BCUT2D eigenvalue weighted by atomic mass is 32.1. The van der Waals surface area contributed by atoms with E-state index in [1.165, 1.54) is 11.3 Å². The molecular weight excluding hydrogens is 402 g/mol. The first-order valence-electron chi connectivity index (χ1n) is 9.84. The van der Waals surface area contributed by atoms with E-state index in [2.05, 4.69) is 10.3 Å². The van der Waals surface area contributed by atoms with E-state index < -0.39 is 0 Å². The lowest BCUT2D eigenvalue weighted by atomic mass is 9.95. The summed E-state index contributed by atoms with van der Waals surface area (Å²) >= 11 is 1.42. The van der Waals surface area contributed by atoms with Gasteiger partial charge in [0.05, 0.1) is 25.5 Å². The van der Waals surface area contributed by atoms with E-state index in [0.29, 0.717) is 38.2 Å². The lowest BCUT2D eigenvalue weighted by Crippen LogP contribution is -2.43. The minimum atomic E-state index is -0.0955. The molecule has 0 unspecified atom stereocenters. The molecule has 4 rings (SSSR count). The van der Waals surface area contributed by atoms with Crippen LogP contribution in [0.25, 0.3) is 10.6 Å². The Morgan fingerprint density at radius 1 is 1.23 bits per heavy atom. The Balaban J connectivity index is 1.33. The molecule has 0 atom stereocenters. The first-order valence-corrected chi connectivity index (χ1v) is 10.7. The van der Waals surface area contributed by atoms with E-state index in [0.717, 1.165) is 22.1 Å². The number of amides is 2. The molecule has 2 aromatic heterocycles. The highest BCUT2D eigenvalue weighted by Gasteiger charge is 2.29. The van der Waals surface area contributed by atoms with Crippen LogP contribution in [0.3, 0.4) is 0 Å². The van der Waals surface area contributed by atoms with Crippen LogP contribution in [-0.2, 0) is 11.3 Å². The summed E-state index contributed by atoms with van der Waals surface area (Å²) in [7, 11) is 1.62. The minimum Gasteiger partial charge on any atom is -0.496 e. The molecular formula is C22H23N3O4S. The molecule has 1 fully saturated rings. The molecule has 0 saturated carbocycles. The van der Waals surface area contributed by atoms with E-state index in [-0.39, 0.29) is 17.7 Å². The van der Waals surface area contributed by atoms with Gasteiger partial charge >= 0.3 is 0 Å². The number of nitrogens with one attached hydrogen (secondary N) is 1. The second-order valence-corrected chi connectivity index (χ2v) is 7.96. The summed E-state index contributed by atoms with van der Waals surface area (Å²) in [6.07, 6.45) is 2.86. The Labute approximate surface area is 178 Å². The smallest absolute Gasteiger partial charge is 0.273 e. The molecule has 1 aliphatic heterocycles. The van der Waals surface area contributed by atoms with E-state index in [1.807, 2.05) is 30.3 Å². The monoisotopic (exact) mass is 425 g/mol. The molecule has 0 aliphatic carbocycles. The van der Waals surface area contributed by atoms with Gasteiger partial charge in [-0.3, -0.25) is 9.59 Å². The van der Waals surface area contributed by atoms with E-state index in [4.69, 9.17) is 9.15 Å². The molecule has 1 aromatic carbocycles. The van der Waals surface area contributed by atoms with Crippen molar-refractivity contribution in [2.24, 2.45) is 5.92 Å². The maximum Gasteiger partial charge on any atom is 0.273 e. The molecule has 156 valence electrons. The van der Waals surface area contributed by atoms with Gasteiger partial charge in [0.1, 0.15) is 22.2 Å². The molecule has 1 aliphatic rings. The lowest BCUT2D eigenvalue weighted by Gasteiger charge is -2.30. The predicted octanol–water partition coefficient (Wildman–Crippen LogP) is 3.58. The summed E-state index contributed by atoms with van der Waals surface area (Å²) in [6, 6.07) is 11.2. The van der Waals surface area contributed by atoms with Gasteiger partial charge in [-0.25, -0.2) is 4.98 Å². The molecule has 30 heavy (non-hydrogen) atoms. The Kier molecular flexibility index (Phi) is 6.13. The summed E-state index contributed by atoms with van der Waals surface area (Å²) in [5.74, 6) is 1.27. The Hall–Kier alpha value is -3.13. The molecule has 1 saturated heterocycles. The molecule has 3 heterocycles. The number of furan rings is 1. The fourth-order valence-electron chi connectivity index (χ4n) is 3.56.